The van der Waals surface area contributed by atoms with E-state index in [0.29, 0.717) is 30.3 Å². The number of hydrogen-bond acceptors (Lipinski definition) is 3. The largest absolute Gasteiger partial charge is 0.494 e. The van der Waals surface area contributed by atoms with Crippen molar-refractivity contribution in [2.24, 2.45) is 0 Å². The zero-order valence-corrected chi connectivity index (χ0v) is 14.5. The molecule has 126 valence electrons. The summed E-state index contributed by atoms with van der Waals surface area (Å²) in [5.41, 5.74) is 1.85. The van der Waals surface area contributed by atoms with Crippen LogP contribution < -0.4 is 9.64 Å². The number of ether oxygens (including phenoxy) is 1. The van der Waals surface area contributed by atoms with Gasteiger partial charge >= 0.3 is 0 Å². The molecule has 0 saturated carbocycles. The van der Waals surface area contributed by atoms with E-state index in [0.717, 1.165) is 24.5 Å². The van der Waals surface area contributed by atoms with Crippen molar-refractivity contribution in [3.63, 3.8) is 0 Å². The number of amides is 1. The van der Waals surface area contributed by atoms with Crippen molar-refractivity contribution < 1.29 is 9.53 Å². The van der Waals surface area contributed by atoms with E-state index < -0.39 is 0 Å². The zero-order valence-electron chi connectivity index (χ0n) is 13.7. The lowest BCUT2D eigenvalue weighted by Gasteiger charge is -2.36. The summed E-state index contributed by atoms with van der Waals surface area (Å²) in [7, 11) is 0. The van der Waals surface area contributed by atoms with Gasteiger partial charge in [-0.05, 0) is 55.5 Å². The van der Waals surface area contributed by atoms with Gasteiger partial charge < -0.3 is 14.5 Å². The van der Waals surface area contributed by atoms with Crippen molar-refractivity contribution in [1.82, 2.24) is 4.90 Å². The van der Waals surface area contributed by atoms with Gasteiger partial charge in [0.1, 0.15) is 5.75 Å². The fourth-order valence-corrected chi connectivity index (χ4v) is 2.99. The first-order valence-corrected chi connectivity index (χ1v) is 8.58. The molecule has 0 aromatic heterocycles. The Morgan fingerprint density at radius 1 is 1.00 bits per heavy atom. The summed E-state index contributed by atoms with van der Waals surface area (Å²) in [6.45, 7) is 5.74. The van der Waals surface area contributed by atoms with Crippen molar-refractivity contribution >= 4 is 23.2 Å². The van der Waals surface area contributed by atoms with Crippen LogP contribution in [-0.2, 0) is 0 Å². The second-order valence-corrected chi connectivity index (χ2v) is 6.15. The van der Waals surface area contributed by atoms with E-state index in [1.807, 2.05) is 24.0 Å². The summed E-state index contributed by atoms with van der Waals surface area (Å²) >= 11 is 5.88. The molecule has 1 fully saturated rings. The van der Waals surface area contributed by atoms with Gasteiger partial charge in [-0.1, -0.05) is 11.6 Å². The SMILES string of the molecule is CCOc1ccc(N2CCN(C(=O)c3ccc(Cl)cc3)CC2)cc1. The highest BCUT2D eigenvalue weighted by Gasteiger charge is 2.22. The minimum Gasteiger partial charge on any atom is -0.494 e. The standard InChI is InChI=1S/C19H21ClN2O2/c1-2-24-18-9-7-17(8-10-18)21-11-13-22(14-12-21)19(23)15-3-5-16(20)6-4-15/h3-10H,2,11-14H2,1H3. The van der Waals surface area contributed by atoms with Gasteiger partial charge in [0.25, 0.3) is 5.91 Å². The molecule has 0 N–H and O–H groups in total. The molecule has 4 nitrogen and oxygen atoms in total. The minimum atomic E-state index is 0.0676. The number of nitrogens with zero attached hydrogens (tertiary/aromatic N) is 2. The van der Waals surface area contributed by atoms with Crippen LogP contribution in [0.1, 0.15) is 17.3 Å². The van der Waals surface area contributed by atoms with Crippen LogP contribution in [0.25, 0.3) is 0 Å². The number of piperazine rings is 1. The number of rotatable bonds is 4. The molecule has 0 atom stereocenters. The highest BCUT2D eigenvalue weighted by molar-refractivity contribution is 6.30. The normalized spacial score (nSPS) is 14.6. The third-order valence-corrected chi connectivity index (χ3v) is 4.42. The summed E-state index contributed by atoms with van der Waals surface area (Å²) in [6, 6.07) is 15.2. The molecule has 3 rings (SSSR count). The Balaban J connectivity index is 1.59. The smallest absolute Gasteiger partial charge is 0.253 e. The van der Waals surface area contributed by atoms with Gasteiger partial charge in [-0.25, -0.2) is 0 Å². The maximum Gasteiger partial charge on any atom is 0.253 e. The molecule has 2 aromatic rings. The topological polar surface area (TPSA) is 32.8 Å². The van der Waals surface area contributed by atoms with Crippen LogP contribution in [0.5, 0.6) is 5.75 Å². The van der Waals surface area contributed by atoms with E-state index >= 15 is 0 Å². The van der Waals surface area contributed by atoms with Crippen molar-refractivity contribution in [2.75, 3.05) is 37.7 Å². The van der Waals surface area contributed by atoms with E-state index in [2.05, 4.69) is 17.0 Å². The van der Waals surface area contributed by atoms with Crippen LogP contribution in [0.3, 0.4) is 0 Å². The molecule has 0 bridgehead atoms. The summed E-state index contributed by atoms with van der Waals surface area (Å²) in [4.78, 5) is 16.7. The number of carbonyl (C=O) groups excluding carboxylic acids is 1. The first-order valence-electron chi connectivity index (χ1n) is 8.20. The van der Waals surface area contributed by atoms with Gasteiger partial charge in [-0.15, -0.1) is 0 Å². The lowest BCUT2D eigenvalue weighted by molar-refractivity contribution is 0.0747. The summed E-state index contributed by atoms with van der Waals surface area (Å²) in [6.07, 6.45) is 0. The lowest BCUT2D eigenvalue weighted by atomic mass is 10.1. The fourth-order valence-electron chi connectivity index (χ4n) is 2.86. The zero-order chi connectivity index (χ0) is 16.9. The van der Waals surface area contributed by atoms with Crippen molar-refractivity contribution in [1.29, 1.82) is 0 Å². The van der Waals surface area contributed by atoms with Gasteiger partial charge in [0.15, 0.2) is 0 Å². The average Bonchev–Trinajstić information content (AvgIpc) is 2.63. The number of hydrogen-bond donors (Lipinski definition) is 0. The Hall–Kier alpha value is -2.20. The predicted molar refractivity (Wildman–Crippen MR) is 97.2 cm³/mol. The molecule has 1 saturated heterocycles. The average molecular weight is 345 g/mol. The van der Waals surface area contributed by atoms with E-state index in [9.17, 15) is 4.79 Å². The second-order valence-electron chi connectivity index (χ2n) is 5.71. The van der Waals surface area contributed by atoms with Crippen molar-refractivity contribution in [3.8, 4) is 5.75 Å². The molecule has 0 unspecified atom stereocenters. The molecule has 1 aliphatic heterocycles. The number of anilines is 1. The Labute approximate surface area is 147 Å². The van der Waals surface area contributed by atoms with Crippen LogP contribution >= 0.6 is 11.6 Å². The third-order valence-electron chi connectivity index (χ3n) is 4.17. The highest BCUT2D eigenvalue weighted by Crippen LogP contribution is 2.21. The van der Waals surface area contributed by atoms with Gasteiger partial charge in [0.05, 0.1) is 6.61 Å². The Bertz CT molecular complexity index is 678. The summed E-state index contributed by atoms with van der Waals surface area (Å²) in [5, 5.41) is 0.645. The van der Waals surface area contributed by atoms with E-state index in [1.54, 1.807) is 24.3 Å². The molecule has 5 heteroatoms. The van der Waals surface area contributed by atoms with E-state index in [1.165, 1.54) is 0 Å². The first kappa shape index (κ1) is 16.7. The molecule has 1 aliphatic rings. The van der Waals surface area contributed by atoms with E-state index in [-0.39, 0.29) is 5.91 Å². The molecule has 0 aliphatic carbocycles. The van der Waals surface area contributed by atoms with E-state index in [4.69, 9.17) is 16.3 Å². The maximum atomic E-state index is 12.5. The maximum absolute atomic E-state index is 12.5. The lowest BCUT2D eigenvalue weighted by Crippen LogP contribution is -2.48. The molecule has 2 aromatic carbocycles. The highest BCUT2D eigenvalue weighted by atomic mass is 35.5. The van der Waals surface area contributed by atoms with Crippen LogP contribution in [-0.4, -0.2) is 43.6 Å². The summed E-state index contributed by atoms with van der Waals surface area (Å²) < 4.78 is 5.47. The Morgan fingerprint density at radius 2 is 1.62 bits per heavy atom. The van der Waals surface area contributed by atoms with Crippen LogP contribution in [0.4, 0.5) is 5.69 Å². The molecular formula is C19H21ClN2O2. The molecule has 0 radical (unpaired) electrons. The Kier molecular flexibility index (Phi) is 5.26. The summed E-state index contributed by atoms with van der Waals surface area (Å²) in [5.74, 6) is 0.954. The Morgan fingerprint density at radius 3 is 2.21 bits per heavy atom. The molecular weight excluding hydrogens is 324 g/mol. The van der Waals surface area contributed by atoms with Gasteiger partial charge in [0, 0.05) is 42.5 Å². The van der Waals surface area contributed by atoms with Crippen LogP contribution in [0, 0.1) is 0 Å². The monoisotopic (exact) mass is 344 g/mol. The second kappa shape index (κ2) is 7.58. The molecule has 1 heterocycles. The minimum absolute atomic E-state index is 0.0676. The molecule has 1 amide bonds. The molecule has 0 spiro atoms. The number of benzene rings is 2. The van der Waals surface area contributed by atoms with Crippen molar-refractivity contribution in [2.45, 2.75) is 6.92 Å². The van der Waals surface area contributed by atoms with Crippen molar-refractivity contribution in [3.05, 3.63) is 59.1 Å². The molecule has 24 heavy (non-hydrogen) atoms. The first-order chi connectivity index (χ1) is 11.7. The quantitative estimate of drug-likeness (QED) is 0.847. The van der Waals surface area contributed by atoms with Gasteiger partial charge in [-0.2, -0.15) is 0 Å². The number of halogens is 1. The van der Waals surface area contributed by atoms with Gasteiger partial charge in [-0.3, -0.25) is 4.79 Å². The van der Waals surface area contributed by atoms with Gasteiger partial charge in [0.2, 0.25) is 0 Å². The van der Waals surface area contributed by atoms with Crippen LogP contribution in [0.15, 0.2) is 48.5 Å². The fraction of sp³-hybridized carbons (Fsp3) is 0.316. The number of carbonyl (C=O) groups is 1. The van der Waals surface area contributed by atoms with Crippen LogP contribution in [0.2, 0.25) is 5.02 Å². The predicted octanol–water partition coefficient (Wildman–Crippen LogP) is 3.70. The third kappa shape index (κ3) is 3.82.